The fourth-order valence-electron chi connectivity index (χ4n) is 5.56. The number of nitrogens with one attached hydrogen (secondary N) is 1. The maximum Gasteiger partial charge on any atom is 0.573 e. The van der Waals surface area contributed by atoms with E-state index in [0.717, 1.165) is 12.8 Å². The minimum Gasteiger partial charge on any atom is -0.481 e. The fourth-order valence-corrected chi connectivity index (χ4v) is 5.56. The molecule has 1 aromatic heterocycles. The second-order valence-electron chi connectivity index (χ2n) is 9.81. The van der Waals surface area contributed by atoms with Gasteiger partial charge in [0.05, 0.1) is 29.7 Å². The second kappa shape index (κ2) is 9.14. The van der Waals surface area contributed by atoms with Gasteiger partial charge in [0, 0.05) is 17.0 Å². The molecule has 10 heteroatoms. The van der Waals surface area contributed by atoms with Crippen molar-refractivity contribution in [2.75, 3.05) is 0 Å². The molecule has 1 spiro atoms. The number of halogens is 3. The van der Waals surface area contributed by atoms with Gasteiger partial charge in [0.1, 0.15) is 5.75 Å². The monoisotopic (exact) mass is 511 g/mol. The molecule has 2 fully saturated rings. The molecular weight excluding hydrogens is 487 g/mol. The Labute approximate surface area is 210 Å². The number of amides is 1. The maximum atomic E-state index is 13.3. The van der Waals surface area contributed by atoms with Gasteiger partial charge in [-0.15, -0.1) is 19.1 Å². The van der Waals surface area contributed by atoms with Gasteiger partial charge in [-0.25, -0.2) is 0 Å². The van der Waals surface area contributed by atoms with Crippen molar-refractivity contribution in [2.45, 2.75) is 51.6 Å². The molecule has 2 N–H and O–H groups in total. The standard InChI is InChI=1S/C27H24F3N3O4/c1-2-3-17-6-9-21(24(34)32-19-12-26(13-19)10-18(11-26)25(35)36)23-22(17)14-31-33(23)15-16-4-7-20(8-5-16)37-27(28,29)30/h4-9,14,18-19H,10-13,15H2,1H3,(H,32,34)(H,35,36). The van der Waals surface area contributed by atoms with E-state index in [-0.39, 0.29) is 35.6 Å². The van der Waals surface area contributed by atoms with Crippen LogP contribution in [0.15, 0.2) is 42.6 Å². The summed E-state index contributed by atoms with van der Waals surface area (Å²) in [5.41, 5.74) is 2.42. The molecule has 2 aromatic carbocycles. The van der Waals surface area contributed by atoms with Crippen LogP contribution in [-0.4, -0.2) is 39.2 Å². The van der Waals surface area contributed by atoms with Gasteiger partial charge in [-0.1, -0.05) is 18.1 Å². The summed E-state index contributed by atoms with van der Waals surface area (Å²) in [6, 6.07) is 8.95. The normalized spacial score (nSPS) is 22.5. The molecular formula is C27H24F3N3O4. The number of hydrogen-bond acceptors (Lipinski definition) is 4. The average Bonchev–Trinajstić information content (AvgIpc) is 3.19. The summed E-state index contributed by atoms with van der Waals surface area (Å²) in [6.07, 6.45) is -0.305. The first-order valence-electron chi connectivity index (χ1n) is 11.9. The zero-order chi connectivity index (χ0) is 26.4. The molecule has 2 aliphatic rings. The molecule has 7 nitrogen and oxygen atoms in total. The minimum absolute atomic E-state index is 0.0232. The third-order valence-electron chi connectivity index (χ3n) is 7.20. The Bertz CT molecular complexity index is 1420. The number of fused-ring (bicyclic) bond motifs is 1. The lowest BCUT2D eigenvalue weighted by Crippen LogP contribution is -2.57. The van der Waals surface area contributed by atoms with Gasteiger partial charge >= 0.3 is 12.3 Å². The molecule has 1 amide bonds. The summed E-state index contributed by atoms with van der Waals surface area (Å²) in [6.45, 7) is 1.94. The summed E-state index contributed by atoms with van der Waals surface area (Å²) in [4.78, 5) is 24.4. The van der Waals surface area contributed by atoms with Crippen molar-refractivity contribution < 1.29 is 32.6 Å². The highest BCUT2D eigenvalue weighted by molar-refractivity contribution is 6.07. The molecule has 3 aromatic rings. The Kier molecular flexibility index (Phi) is 6.10. The van der Waals surface area contributed by atoms with Gasteiger partial charge in [0.25, 0.3) is 5.91 Å². The van der Waals surface area contributed by atoms with Crippen LogP contribution in [0.25, 0.3) is 10.9 Å². The van der Waals surface area contributed by atoms with Crippen molar-refractivity contribution in [3.05, 3.63) is 59.3 Å². The lowest BCUT2D eigenvalue weighted by atomic mass is 9.50. The molecule has 5 rings (SSSR count). The van der Waals surface area contributed by atoms with E-state index < -0.39 is 12.3 Å². The summed E-state index contributed by atoms with van der Waals surface area (Å²) < 4.78 is 43.0. The number of carboxylic acid groups (broad SMARTS) is 1. The van der Waals surface area contributed by atoms with Gasteiger partial charge in [-0.2, -0.15) is 5.10 Å². The number of carbonyl (C=O) groups excluding carboxylic acids is 1. The van der Waals surface area contributed by atoms with Crippen LogP contribution in [0.5, 0.6) is 5.75 Å². The predicted octanol–water partition coefficient (Wildman–Crippen LogP) is 4.73. The molecule has 0 radical (unpaired) electrons. The van der Waals surface area contributed by atoms with Crippen LogP contribution in [0, 0.1) is 23.2 Å². The number of nitrogens with zero attached hydrogens (tertiary/aromatic N) is 2. The van der Waals surface area contributed by atoms with Crippen LogP contribution < -0.4 is 10.1 Å². The first-order valence-corrected chi connectivity index (χ1v) is 11.9. The van der Waals surface area contributed by atoms with Crippen molar-refractivity contribution >= 4 is 22.8 Å². The van der Waals surface area contributed by atoms with Crippen molar-refractivity contribution in [1.82, 2.24) is 15.1 Å². The molecule has 1 heterocycles. The number of carboxylic acids is 1. The predicted molar refractivity (Wildman–Crippen MR) is 128 cm³/mol. The molecule has 37 heavy (non-hydrogen) atoms. The zero-order valence-corrected chi connectivity index (χ0v) is 19.9. The highest BCUT2D eigenvalue weighted by Gasteiger charge is 2.55. The quantitative estimate of drug-likeness (QED) is 0.467. The Morgan fingerprint density at radius 3 is 2.49 bits per heavy atom. The lowest BCUT2D eigenvalue weighted by Gasteiger charge is -2.56. The molecule has 0 unspecified atom stereocenters. The third-order valence-corrected chi connectivity index (χ3v) is 7.20. The number of carbonyl (C=O) groups is 2. The van der Waals surface area contributed by atoms with Crippen molar-refractivity contribution in [1.29, 1.82) is 0 Å². The van der Waals surface area contributed by atoms with Crippen LogP contribution in [0.2, 0.25) is 0 Å². The Balaban J connectivity index is 1.36. The van der Waals surface area contributed by atoms with Crippen LogP contribution in [-0.2, 0) is 11.3 Å². The third kappa shape index (κ3) is 4.99. The van der Waals surface area contributed by atoms with E-state index in [4.69, 9.17) is 5.11 Å². The van der Waals surface area contributed by atoms with Crippen LogP contribution in [0.4, 0.5) is 13.2 Å². The summed E-state index contributed by atoms with van der Waals surface area (Å²) in [5.74, 6) is 4.26. The number of hydrogen-bond donors (Lipinski definition) is 2. The van der Waals surface area contributed by atoms with E-state index in [9.17, 15) is 22.8 Å². The van der Waals surface area contributed by atoms with Crippen molar-refractivity contribution in [3.63, 3.8) is 0 Å². The maximum absolute atomic E-state index is 13.3. The smallest absolute Gasteiger partial charge is 0.481 e. The van der Waals surface area contributed by atoms with E-state index in [2.05, 4.69) is 27.0 Å². The van der Waals surface area contributed by atoms with Gasteiger partial charge < -0.3 is 15.2 Å². The molecule has 2 aliphatic carbocycles. The molecule has 0 saturated heterocycles. The van der Waals surface area contributed by atoms with E-state index >= 15 is 0 Å². The van der Waals surface area contributed by atoms with Crippen molar-refractivity contribution in [2.24, 2.45) is 11.3 Å². The average molecular weight is 512 g/mol. The Hall–Kier alpha value is -4.00. The summed E-state index contributed by atoms with van der Waals surface area (Å²) in [7, 11) is 0. The minimum atomic E-state index is -4.77. The van der Waals surface area contributed by atoms with E-state index in [1.165, 1.54) is 24.3 Å². The lowest BCUT2D eigenvalue weighted by molar-refractivity contribution is -0.274. The number of alkyl halides is 3. The SMILES string of the molecule is CC#Cc1ccc(C(=O)NC2CC3(C2)CC(C(=O)O)C3)c2c1cnn2Cc1ccc(OC(F)(F)F)cc1. The topological polar surface area (TPSA) is 93.5 Å². The molecule has 0 aliphatic heterocycles. The van der Waals surface area contributed by atoms with Crippen LogP contribution >= 0.6 is 0 Å². The van der Waals surface area contributed by atoms with Gasteiger partial charge in [0.2, 0.25) is 0 Å². The summed E-state index contributed by atoms with van der Waals surface area (Å²) >= 11 is 0. The second-order valence-corrected chi connectivity index (χ2v) is 9.81. The fraction of sp³-hybridized carbons (Fsp3) is 0.370. The van der Waals surface area contributed by atoms with Gasteiger partial charge in [0.15, 0.2) is 0 Å². The van der Waals surface area contributed by atoms with Gasteiger partial charge in [-0.05, 0) is 67.9 Å². The Morgan fingerprint density at radius 2 is 1.86 bits per heavy atom. The van der Waals surface area contributed by atoms with Crippen molar-refractivity contribution in [3.8, 4) is 17.6 Å². The Morgan fingerprint density at radius 1 is 1.16 bits per heavy atom. The number of aromatic nitrogens is 2. The van der Waals surface area contributed by atoms with E-state index in [1.807, 2.05) is 0 Å². The highest BCUT2D eigenvalue weighted by Crippen LogP contribution is 2.58. The highest BCUT2D eigenvalue weighted by atomic mass is 19.4. The molecule has 0 atom stereocenters. The summed E-state index contributed by atoms with van der Waals surface area (Å²) in [5, 5.41) is 17.3. The number of benzene rings is 2. The molecule has 192 valence electrons. The largest absolute Gasteiger partial charge is 0.573 e. The van der Waals surface area contributed by atoms with Gasteiger partial charge in [-0.3, -0.25) is 14.3 Å². The number of rotatable bonds is 6. The van der Waals surface area contributed by atoms with Crippen LogP contribution in [0.1, 0.15) is 54.1 Å². The first kappa shape index (κ1) is 24.7. The van der Waals surface area contributed by atoms with E-state index in [1.54, 1.807) is 29.9 Å². The van der Waals surface area contributed by atoms with Crippen LogP contribution in [0.3, 0.4) is 0 Å². The zero-order valence-electron chi connectivity index (χ0n) is 19.9. The number of ether oxygens (including phenoxy) is 1. The molecule has 0 bridgehead atoms. The number of aliphatic carboxylic acids is 1. The first-order chi connectivity index (χ1) is 17.6. The van der Waals surface area contributed by atoms with E-state index in [0.29, 0.717) is 40.4 Å². The molecule has 2 saturated carbocycles.